The number of aromatic nitrogens is 1. The van der Waals surface area contributed by atoms with Crippen LogP contribution >= 0.6 is 11.6 Å². The fourth-order valence-electron chi connectivity index (χ4n) is 3.63. The molecular weight excluding hydrogens is 491 g/mol. The molecule has 1 heterocycles. The van der Waals surface area contributed by atoms with Crippen molar-refractivity contribution in [2.75, 3.05) is 17.7 Å². The van der Waals surface area contributed by atoms with Gasteiger partial charge < -0.3 is 15.4 Å². The van der Waals surface area contributed by atoms with E-state index in [2.05, 4.69) is 15.6 Å². The molecule has 1 amide bonds. The average molecular weight is 512 g/mol. The van der Waals surface area contributed by atoms with Crippen molar-refractivity contribution in [3.05, 3.63) is 107 Å². The Morgan fingerprint density at radius 3 is 2.47 bits per heavy atom. The fourth-order valence-corrected chi connectivity index (χ4v) is 3.86. The summed E-state index contributed by atoms with van der Waals surface area (Å²) in [5, 5.41) is 6.25. The van der Waals surface area contributed by atoms with Crippen LogP contribution in [0, 0.1) is 0 Å². The second-order valence-corrected chi connectivity index (χ2v) is 8.21. The van der Waals surface area contributed by atoms with Gasteiger partial charge in [-0.25, -0.2) is 0 Å². The van der Waals surface area contributed by atoms with Crippen LogP contribution < -0.4 is 15.4 Å². The smallest absolute Gasteiger partial charge is 0.420 e. The van der Waals surface area contributed by atoms with Crippen molar-refractivity contribution in [2.45, 2.75) is 12.7 Å². The summed E-state index contributed by atoms with van der Waals surface area (Å²) in [7, 11) is 1.16. The van der Waals surface area contributed by atoms with Gasteiger partial charge in [0.1, 0.15) is 5.75 Å². The van der Waals surface area contributed by atoms with E-state index in [-0.39, 0.29) is 17.0 Å². The molecule has 4 rings (SSSR count). The Hall–Kier alpha value is -4.04. The van der Waals surface area contributed by atoms with Gasteiger partial charge in [-0.05, 0) is 48.0 Å². The number of alkyl halides is 3. The van der Waals surface area contributed by atoms with Gasteiger partial charge in [-0.15, -0.1) is 0 Å². The molecule has 0 aliphatic rings. The van der Waals surface area contributed by atoms with E-state index in [1.807, 2.05) is 30.3 Å². The summed E-state index contributed by atoms with van der Waals surface area (Å²) < 4.78 is 45.1. The molecule has 36 heavy (non-hydrogen) atoms. The van der Waals surface area contributed by atoms with Crippen LogP contribution in [0.1, 0.15) is 21.5 Å². The zero-order chi connectivity index (χ0) is 25.7. The number of hydrogen-bond donors (Lipinski definition) is 2. The molecule has 2 N–H and O–H groups in total. The molecule has 0 saturated heterocycles. The monoisotopic (exact) mass is 511 g/mol. The number of rotatable bonds is 7. The third-order valence-corrected chi connectivity index (χ3v) is 5.69. The number of hydrogen-bond acceptors (Lipinski definition) is 4. The minimum atomic E-state index is -4.64. The van der Waals surface area contributed by atoms with Gasteiger partial charge in [-0.3, -0.25) is 9.78 Å². The number of carbonyl (C=O) groups is 1. The molecule has 0 unspecified atom stereocenters. The molecule has 0 bridgehead atoms. The fraction of sp³-hybridized carbons (Fsp3) is 0.111. The number of nitrogens with one attached hydrogen (secondary N) is 2. The van der Waals surface area contributed by atoms with Crippen molar-refractivity contribution in [3.63, 3.8) is 0 Å². The number of carbonyl (C=O) groups excluding carboxylic acids is 1. The van der Waals surface area contributed by atoms with Crippen LogP contribution in [0.3, 0.4) is 0 Å². The van der Waals surface area contributed by atoms with Crippen molar-refractivity contribution in [2.24, 2.45) is 0 Å². The second kappa shape index (κ2) is 10.7. The summed E-state index contributed by atoms with van der Waals surface area (Å²) in [6.07, 6.45) is -3.03. The normalized spacial score (nSPS) is 11.1. The molecule has 0 radical (unpaired) electrons. The third-order valence-electron chi connectivity index (χ3n) is 5.38. The van der Waals surface area contributed by atoms with Gasteiger partial charge in [0.25, 0.3) is 5.91 Å². The number of pyridine rings is 1. The number of benzene rings is 3. The Labute approximate surface area is 210 Å². The number of halogens is 4. The van der Waals surface area contributed by atoms with Crippen molar-refractivity contribution in [1.29, 1.82) is 0 Å². The van der Waals surface area contributed by atoms with Crippen LogP contribution in [-0.4, -0.2) is 18.0 Å². The third kappa shape index (κ3) is 5.78. The molecule has 9 heteroatoms. The van der Waals surface area contributed by atoms with Crippen molar-refractivity contribution < 1.29 is 22.7 Å². The lowest BCUT2D eigenvalue weighted by Crippen LogP contribution is -2.16. The summed E-state index contributed by atoms with van der Waals surface area (Å²) in [6.45, 7) is 0.418. The Kier molecular flexibility index (Phi) is 7.45. The van der Waals surface area contributed by atoms with Gasteiger partial charge in [-0.2, -0.15) is 13.2 Å². The van der Waals surface area contributed by atoms with Crippen molar-refractivity contribution in [1.82, 2.24) is 4.98 Å². The van der Waals surface area contributed by atoms with Gasteiger partial charge in [0, 0.05) is 29.7 Å². The molecule has 5 nitrogen and oxygen atoms in total. The number of ether oxygens (including phenoxy) is 1. The van der Waals surface area contributed by atoms with Crippen molar-refractivity contribution in [3.8, 4) is 17.0 Å². The van der Waals surface area contributed by atoms with Crippen LogP contribution in [0.4, 0.5) is 24.5 Å². The van der Waals surface area contributed by atoms with Crippen LogP contribution in [0.5, 0.6) is 5.75 Å². The van der Waals surface area contributed by atoms with Gasteiger partial charge in [0.05, 0.1) is 29.0 Å². The van der Waals surface area contributed by atoms with E-state index in [0.29, 0.717) is 28.5 Å². The van der Waals surface area contributed by atoms with Gasteiger partial charge in [0.15, 0.2) is 0 Å². The minimum Gasteiger partial charge on any atom is -0.496 e. The Bertz CT molecular complexity index is 1380. The molecular formula is C27H21ClF3N3O2. The highest BCUT2D eigenvalue weighted by Gasteiger charge is 2.34. The zero-order valence-electron chi connectivity index (χ0n) is 19.1. The first-order chi connectivity index (χ1) is 17.3. The van der Waals surface area contributed by atoms with E-state index in [1.54, 1.807) is 36.5 Å². The standard InChI is InChI=1S/C27H21ClF3N3O2/c1-36-24-12-10-19(15-21(24)27(29,30)31)34-26(35)20-11-9-18(25-22(28)8-5-13-32-25)14-23(20)33-16-17-6-3-2-4-7-17/h2-15,33H,16H2,1H3,(H,34,35). The van der Waals surface area contributed by atoms with E-state index in [1.165, 1.54) is 12.1 Å². The van der Waals surface area contributed by atoms with Crippen LogP contribution in [0.25, 0.3) is 11.3 Å². The zero-order valence-corrected chi connectivity index (χ0v) is 19.8. The highest BCUT2D eigenvalue weighted by Crippen LogP contribution is 2.38. The lowest BCUT2D eigenvalue weighted by atomic mass is 10.0. The molecule has 0 aliphatic heterocycles. The quantitative estimate of drug-likeness (QED) is 0.273. The summed E-state index contributed by atoms with van der Waals surface area (Å²) in [4.78, 5) is 17.5. The number of amides is 1. The Balaban J connectivity index is 1.67. The Morgan fingerprint density at radius 1 is 1.00 bits per heavy atom. The molecule has 3 aromatic carbocycles. The van der Waals surface area contributed by atoms with Crippen LogP contribution in [0.2, 0.25) is 5.02 Å². The number of methoxy groups -OCH3 is 1. The minimum absolute atomic E-state index is 0.0148. The summed E-state index contributed by atoms with van der Waals surface area (Å²) in [5.41, 5.74) is 1.92. The molecule has 0 aliphatic carbocycles. The predicted octanol–water partition coefficient (Wildman–Crippen LogP) is 7.29. The molecule has 1 aromatic heterocycles. The van der Waals surface area contributed by atoms with Gasteiger partial charge in [0.2, 0.25) is 0 Å². The maximum absolute atomic E-state index is 13.4. The predicted molar refractivity (Wildman–Crippen MR) is 134 cm³/mol. The van der Waals surface area contributed by atoms with E-state index < -0.39 is 17.6 Å². The van der Waals surface area contributed by atoms with E-state index in [0.717, 1.165) is 18.7 Å². The topological polar surface area (TPSA) is 63.2 Å². The molecule has 0 atom stereocenters. The lowest BCUT2D eigenvalue weighted by molar-refractivity contribution is -0.138. The molecule has 184 valence electrons. The van der Waals surface area contributed by atoms with E-state index in [4.69, 9.17) is 16.3 Å². The first kappa shape index (κ1) is 25.1. The summed E-state index contributed by atoms with van der Waals surface area (Å²) >= 11 is 6.31. The first-order valence-electron chi connectivity index (χ1n) is 10.9. The first-order valence-corrected chi connectivity index (χ1v) is 11.2. The van der Waals surface area contributed by atoms with Crippen LogP contribution in [0.15, 0.2) is 85.1 Å². The SMILES string of the molecule is COc1ccc(NC(=O)c2ccc(-c3ncccc3Cl)cc2NCc2ccccc2)cc1C(F)(F)F. The Morgan fingerprint density at radius 2 is 1.78 bits per heavy atom. The van der Waals surface area contributed by atoms with Gasteiger partial charge >= 0.3 is 6.18 Å². The maximum Gasteiger partial charge on any atom is 0.420 e. The summed E-state index contributed by atoms with van der Waals surface area (Å²) in [5.74, 6) is -0.912. The average Bonchev–Trinajstić information content (AvgIpc) is 2.87. The second-order valence-electron chi connectivity index (χ2n) is 7.80. The van der Waals surface area contributed by atoms with Gasteiger partial charge in [-0.1, -0.05) is 48.0 Å². The molecule has 0 spiro atoms. The summed E-state index contributed by atoms with van der Waals surface area (Å²) in [6, 6.07) is 21.4. The maximum atomic E-state index is 13.4. The highest BCUT2D eigenvalue weighted by atomic mass is 35.5. The highest BCUT2D eigenvalue weighted by molar-refractivity contribution is 6.33. The van der Waals surface area contributed by atoms with E-state index >= 15 is 0 Å². The number of anilines is 2. The van der Waals surface area contributed by atoms with E-state index in [9.17, 15) is 18.0 Å². The molecule has 0 fully saturated rings. The lowest BCUT2D eigenvalue weighted by Gasteiger charge is -2.16. The van der Waals surface area contributed by atoms with Crippen molar-refractivity contribution >= 4 is 28.9 Å². The van der Waals surface area contributed by atoms with Crippen LogP contribution in [-0.2, 0) is 12.7 Å². The molecule has 0 saturated carbocycles. The largest absolute Gasteiger partial charge is 0.496 e. The number of nitrogens with zero attached hydrogens (tertiary/aromatic N) is 1. The molecule has 4 aromatic rings.